The quantitative estimate of drug-likeness (QED) is 0.811. The first-order valence-electron chi connectivity index (χ1n) is 7.26. The molecule has 1 aliphatic heterocycles. The van der Waals surface area contributed by atoms with Crippen molar-refractivity contribution in [3.63, 3.8) is 0 Å². The number of carbonyl (C=O) groups is 1. The predicted molar refractivity (Wildman–Crippen MR) is 87.1 cm³/mol. The van der Waals surface area contributed by atoms with Crippen molar-refractivity contribution in [3.05, 3.63) is 59.7 Å². The number of hydrogen-bond acceptors (Lipinski definition) is 4. The Kier molecular flexibility index (Phi) is 3.85. The normalized spacial score (nSPS) is 17.0. The number of sulfonamides is 1. The topological polar surface area (TPSA) is 63.7 Å². The van der Waals surface area contributed by atoms with E-state index >= 15 is 0 Å². The maximum absolute atomic E-state index is 13.0. The molecule has 0 aromatic heterocycles. The monoisotopic (exact) mass is 331 g/mol. The van der Waals surface area contributed by atoms with Crippen LogP contribution < -0.4 is 4.31 Å². The number of nitrogens with zero attached hydrogens (tertiary/aromatic N) is 1. The third-order valence-electron chi connectivity index (χ3n) is 3.98. The van der Waals surface area contributed by atoms with Gasteiger partial charge < -0.3 is 4.74 Å². The van der Waals surface area contributed by atoms with Crippen LogP contribution >= 0.6 is 0 Å². The van der Waals surface area contributed by atoms with Gasteiger partial charge in [-0.3, -0.25) is 4.31 Å². The average molecular weight is 331 g/mol. The van der Waals surface area contributed by atoms with Gasteiger partial charge in [-0.25, -0.2) is 13.2 Å². The highest BCUT2D eigenvalue weighted by atomic mass is 32.2. The minimum absolute atomic E-state index is 0.141. The molecule has 0 radical (unpaired) electrons. The Hall–Kier alpha value is -2.34. The summed E-state index contributed by atoms with van der Waals surface area (Å²) in [4.78, 5) is 11.6. The molecule has 2 aromatic rings. The van der Waals surface area contributed by atoms with Crippen LogP contribution in [0.3, 0.4) is 0 Å². The number of benzene rings is 2. The van der Waals surface area contributed by atoms with Gasteiger partial charge in [-0.05, 0) is 49.2 Å². The zero-order valence-electron chi connectivity index (χ0n) is 12.9. The van der Waals surface area contributed by atoms with E-state index in [1.165, 1.54) is 35.7 Å². The van der Waals surface area contributed by atoms with Gasteiger partial charge in [-0.2, -0.15) is 0 Å². The third kappa shape index (κ3) is 2.59. The molecule has 0 aliphatic carbocycles. The maximum atomic E-state index is 13.0. The highest BCUT2D eigenvalue weighted by Gasteiger charge is 2.35. The summed E-state index contributed by atoms with van der Waals surface area (Å²) < 4.78 is 32.0. The molecular formula is C17H17NO4S. The van der Waals surface area contributed by atoms with Crippen molar-refractivity contribution in [2.75, 3.05) is 11.4 Å². The lowest BCUT2D eigenvalue weighted by atomic mass is 10.1. The molecule has 0 saturated heterocycles. The maximum Gasteiger partial charge on any atom is 0.337 e. The largest absolute Gasteiger partial charge is 0.465 e. The number of anilines is 1. The van der Waals surface area contributed by atoms with Crippen LogP contribution in [0.2, 0.25) is 0 Å². The van der Waals surface area contributed by atoms with Crippen molar-refractivity contribution >= 4 is 21.7 Å². The number of hydrogen-bond donors (Lipinski definition) is 0. The number of esters is 1. The number of para-hydroxylation sites is 1. The number of rotatable bonds is 3. The van der Waals surface area contributed by atoms with Gasteiger partial charge in [0.25, 0.3) is 10.0 Å². The van der Waals surface area contributed by atoms with Gasteiger partial charge >= 0.3 is 5.97 Å². The lowest BCUT2D eigenvalue weighted by Crippen LogP contribution is -2.35. The van der Waals surface area contributed by atoms with Crippen LogP contribution in [0.15, 0.2) is 53.4 Å². The van der Waals surface area contributed by atoms with Crippen LogP contribution in [-0.4, -0.2) is 27.5 Å². The summed E-state index contributed by atoms with van der Waals surface area (Å²) in [5, 5.41) is 0. The molecule has 1 aliphatic rings. The highest BCUT2D eigenvalue weighted by molar-refractivity contribution is 7.92. The Morgan fingerprint density at radius 2 is 1.78 bits per heavy atom. The van der Waals surface area contributed by atoms with Crippen LogP contribution in [-0.2, 0) is 21.2 Å². The Balaban J connectivity index is 2.01. The van der Waals surface area contributed by atoms with E-state index in [1.807, 2.05) is 31.2 Å². The van der Waals surface area contributed by atoms with Crippen LogP contribution in [0.4, 0.5) is 5.69 Å². The Morgan fingerprint density at radius 1 is 1.13 bits per heavy atom. The molecule has 0 bridgehead atoms. The zero-order chi connectivity index (χ0) is 16.6. The van der Waals surface area contributed by atoms with E-state index in [0.29, 0.717) is 12.0 Å². The summed E-state index contributed by atoms with van der Waals surface area (Å²) in [7, 11) is -2.38. The van der Waals surface area contributed by atoms with E-state index in [-0.39, 0.29) is 10.9 Å². The standard InChI is InChI=1S/C17H17NO4S/c1-12-11-14-5-3-4-6-16(14)18(12)23(20,21)15-9-7-13(8-10-15)17(19)22-2/h3-10,12H,11H2,1-2H3. The number of carbonyl (C=O) groups excluding carboxylic acids is 1. The zero-order valence-corrected chi connectivity index (χ0v) is 13.7. The molecule has 23 heavy (non-hydrogen) atoms. The molecule has 0 saturated carbocycles. The molecule has 2 aromatic carbocycles. The fraction of sp³-hybridized carbons (Fsp3) is 0.235. The van der Waals surface area contributed by atoms with Crippen molar-refractivity contribution in [2.45, 2.75) is 24.3 Å². The second-order valence-electron chi connectivity index (χ2n) is 5.50. The minimum Gasteiger partial charge on any atom is -0.465 e. The van der Waals surface area contributed by atoms with Crippen LogP contribution in [0.25, 0.3) is 0 Å². The second-order valence-corrected chi connectivity index (χ2v) is 7.31. The summed E-state index contributed by atoms with van der Waals surface area (Å²) in [6.45, 7) is 1.89. The van der Waals surface area contributed by atoms with Crippen LogP contribution in [0.1, 0.15) is 22.8 Å². The van der Waals surface area contributed by atoms with Gasteiger partial charge in [0, 0.05) is 6.04 Å². The fourth-order valence-corrected chi connectivity index (χ4v) is 4.59. The molecule has 1 heterocycles. The van der Waals surface area contributed by atoms with Gasteiger partial charge in [0.05, 0.1) is 23.3 Å². The van der Waals surface area contributed by atoms with E-state index in [2.05, 4.69) is 4.74 Å². The van der Waals surface area contributed by atoms with Gasteiger partial charge in [-0.15, -0.1) is 0 Å². The van der Waals surface area contributed by atoms with E-state index in [9.17, 15) is 13.2 Å². The Morgan fingerprint density at radius 3 is 2.43 bits per heavy atom. The van der Waals surface area contributed by atoms with Crippen molar-refractivity contribution < 1.29 is 17.9 Å². The lowest BCUT2D eigenvalue weighted by Gasteiger charge is -2.24. The number of methoxy groups -OCH3 is 1. The molecule has 120 valence electrons. The molecule has 1 atom stereocenters. The Bertz CT molecular complexity index is 843. The number of ether oxygens (including phenoxy) is 1. The number of fused-ring (bicyclic) bond motifs is 1. The van der Waals surface area contributed by atoms with E-state index in [0.717, 1.165) is 11.3 Å². The molecular weight excluding hydrogens is 314 g/mol. The van der Waals surface area contributed by atoms with E-state index in [4.69, 9.17) is 0 Å². The van der Waals surface area contributed by atoms with Crippen LogP contribution in [0.5, 0.6) is 0 Å². The molecule has 0 fully saturated rings. The van der Waals surface area contributed by atoms with E-state index < -0.39 is 16.0 Å². The molecule has 3 rings (SSSR count). The summed E-state index contributed by atoms with van der Waals surface area (Å²) in [5.74, 6) is -0.492. The fourth-order valence-electron chi connectivity index (χ4n) is 2.90. The van der Waals surface area contributed by atoms with E-state index in [1.54, 1.807) is 0 Å². The molecule has 0 N–H and O–H groups in total. The first-order chi connectivity index (χ1) is 10.9. The summed E-state index contributed by atoms with van der Waals surface area (Å²) in [6.07, 6.45) is 0.690. The minimum atomic E-state index is -3.67. The van der Waals surface area contributed by atoms with Crippen molar-refractivity contribution in [2.24, 2.45) is 0 Å². The Labute approximate surface area is 135 Å². The SMILES string of the molecule is COC(=O)c1ccc(S(=O)(=O)N2c3ccccc3CC2C)cc1. The first kappa shape index (κ1) is 15.6. The van der Waals surface area contributed by atoms with Gasteiger partial charge in [0.15, 0.2) is 0 Å². The van der Waals surface area contributed by atoms with Crippen LogP contribution in [0, 0.1) is 0 Å². The van der Waals surface area contributed by atoms with Crippen molar-refractivity contribution in [1.82, 2.24) is 0 Å². The van der Waals surface area contributed by atoms with Gasteiger partial charge in [0.1, 0.15) is 0 Å². The molecule has 6 heteroatoms. The van der Waals surface area contributed by atoms with Crippen molar-refractivity contribution in [1.29, 1.82) is 0 Å². The molecule has 1 unspecified atom stereocenters. The molecule has 0 amide bonds. The molecule has 5 nitrogen and oxygen atoms in total. The third-order valence-corrected chi connectivity index (χ3v) is 5.92. The molecule has 0 spiro atoms. The summed E-state index contributed by atoms with van der Waals surface area (Å²) in [5.41, 5.74) is 2.06. The van der Waals surface area contributed by atoms with Gasteiger partial charge in [-0.1, -0.05) is 18.2 Å². The van der Waals surface area contributed by atoms with Crippen molar-refractivity contribution in [3.8, 4) is 0 Å². The summed E-state index contributed by atoms with van der Waals surface area (Å²) in [6, 6.07) is 13.2. The summed E-state index contributed by atoms with van der Waals surface area (Å²) >= 11 is 0. The average Bonchev–Trinajstić information content (AvgIpc) is 2.90. The smallest absolute Gasteiger partial charge is 0.337 e. The first-order valence-corrected chi connectivity index (χ1v) is 8.70. The van der Waals surface area contributed by atoms with Gasteiger partial charge in [0.2, 0.25) is 0 Å². The lowest BCUT2D eigenvalue weighted by molar-refractivity contribution is 0.0600. The predicted octanol–water partition coefficient (Wildman–Crippen LogP) is 2.61. The highest BCUT2D eigenvalue weighted by Crippen LogP contribution is 2.36. The second kappa shape index (κ2) is 5.70.